The first-order valence-electron chi connectivity index (χ1n) is 8.50. The van der Waals surface area contributed by atoms with Crippen LogP contribution in [0, 0.1) is 0 Å². The fourth-order valence-corrected chi connectivity index (χ4v) is 3.97. The maximum absolute atomic E-state index is 13.5. The molecule has 6 nitrogen and oxygen atoms in total. The summed E-state index contributed by atoms with van der Waals surface area (Å²) >= 11 is 1.23. The van der Waals surface area contributed by atoms with E-state index >= 15 is 0 Å². The molecule has 1 fully saturated rings. The van der Waals surface area contributed by atoms with Crippen molar-refractivity contribution in [2.75, 3.05) is 26.2 Å². The molecule has 10 heteroatoms. The Labute approximate surface area is 162 Å². The first-order valence-corrected chi connectivity index (χ1v) is 9.32. The Bertz CT molecular complexity index is 988. The Balaban J connectivity index is 1.61. The van der Waals surface area contributed by atoms with E-state index in [9.17, 15) is 18.0 Å². The van der Waals surface area contributed by atoms with Crippen molar-refractivity contribution >= 4 is 27.5 Å². The van der Waals surface area contributed by atoms with Crippen LogP contribution in [0.2, 0.25) is 0 Å². The molecule has 4 rings (SSSR count). The number of nitrogens with one attached hydrogen (secondary N) is 1. The highest BCUT2D eigenvalue weighted by molar-refractivity contribution is 7.22. The van der Waals surface area contributed by atoms with Gasteiger partial charge < -0.3 is 15.0 Å². The maximum atomic E-state index is 13.5. The highest BCUT2D eigenvalue weighted by atomic mass is 32.1. The zero-order valence-corrected chi connectivity index (χ0v) is 15.3. The van der Waals surface area contributed by atoms with Gasteiger partial charge in [0, 0.05) is 24.0 Å². The van der Waals surface area contributed by atoms with Gasteiger partial charge in [-0.3, -0.25) is 0 Å². The number of alkyl halides is 3. The Morgan fingerprint density at radius 2 is 2.11 bits per heavy atom. The zero-order chi connectivity index (χ0) is 19.7. The van der Waals surface area contributed by atoms with Gasteiger partial charge >= 0.3 is 18.2 Å². The van der Waals surface area contributed by atoms with Gasteiger partial charge in [-0.05, 0) is 17.5 Å². The lowest BCUT2D eigenvalue weighted by Gasteiger charge is -2.15. The van der Waals surface area contributed by atoms with Crippen LogP contribution in [0.25, 0.3) is 20.7 Å². The molecular weight excluding hydrogens is 393 g/mol. The summed E-state index contributed by atoms with van der Waals surface area (Å²) in [7, 11) is 0. The molecule has 1 aliphatic heterocycles. The molecule has 3 heterocycles. The van der Waals surface area contributed by atoms with Crippen molar-refractivity contribution in [1.82, 2.24) is 20.2 Å². The number of carbonyl (C=O) groups excluding carboxylic acids is 1. The molecule has 0 saturated carbocycles. The van der Waals surface area contributed by atoms with Crippen LogP contribution in [0.4, 0.5) is 18.0 Å². The number of aromatic nitrogens is 2. The van der Waals surface area contributed by atoms with Crippen LogP contribution in [0.1, 0.15) is 5.56 Å². The summed E-state index contributed by atoms with van der Waals surface area (Å²) in [6, 6.07) is 8.67. The monoisotopic (exact) mass is 408 g/mol. The molecule has 3 aromatic rings. The summed E-state index contributed by atoms with van der Waals surface area (Å²) in [6.45, 7) is 1.51. The highest BCUT2D eigenvalue weighted by Crippen LogP contribution is 2.40. The van der Waals surface area contributed by atoms with Crippen LogP contribution in [-0.2, 0) is 6.18 Å². The standard InChI is InChI=1S/C18H15F3N4O2S/c19-18(20,21)12-10-23-16(27-8-7-25-6-5-22-17(25)26)24-15(12)14-9-11-3-1-2-4-13(11)28-14/h1-4,9-10H,5-8H2,(H,22,26). The van der Waals surface area contributed by atoms with E-state index in [4.69, 9.17) is 4.74 Å². The van der Waals surface area contributed by atoms with Gasteiger partial charge in [0.25, 0.3) is 0 Å². The largest absolute Gasteiger partial charge is 0.462 e. The Kier molecular flexibility index (Phi) is 4.80. The summed E-state index contributed by atoms with van der Waals surface area (Å²) in [5, 5.41) is 3.51. The molecule has 0 bridgehead atoms. The van der Waals surface area contributed by atoms with E-state index in [0.29, 0.717) is 24.5 Å². The number of urea groups is 1. The number of amides is 2. The molecule has 28 heavy (non-hydrogen) atoms. The molecule has 1 aromatic carbocycles. The molecule has 0 unspecified atom stereocenters. The quantitative estimate of drug-likeness (QED) is 0.698. The minimum atomic E-state index is -4.59. The maximum Gasteiger partial charge on any atom is 0.420 e. The SMILES string of the molecule is O=C1NCCN1CCOc1ncc(C(F)(F)F)c(-c2cc3ccccc3s2)n1. The van der Waals surface area contributed by atoms with Crippen LogP contribution in [-0.4, -0.2) is 47.1 Å². The molecule has 146 valence electrons. The van der Waals surface area contributed by atoms with Crippen LogP contribution < -0.4 is 10.1 Å². The van der Waals surface area contributed by atoms with Gasteiger partial charge in [0.2, 0.25) is 0 Å². The van der Waals surface area contributed by atoms with E-state index in [1.54, 1.807) is 11.0 Å². The molecule has 2 amide bonds. The molecule has 0 aliphatic carbocycles. The third-order valence-electron chi connectivity index (χ3n) is 4.27. The van der Waals surface area contributed by atoms with Gasteiger partial charge in [-0.25, -0.2) is 9.78 Å². The molecule has 2 aromatic heterocycles. The minimum Gasteiger partial charge on any atom is -0.462 e. The van der Waals surface area contributed by atoms with Crippen molar-refractivity contribution < 1.29 is 22.7 Å². The number of carbonyl (C=O) groups is 1. The number of fused-ring (bicyclic) bond motifs is 1. The predicted octanol–water partition coefficient (Wildman–Crippen LogP) is 3.78. The summed E-state index contributed by atoms with van der Waals surface area (Å²) in [4.78, 5) is 21.2. The van der Waals surface area contributed by atoms with Crippen LogP contribution in [0.15, 0.2) is 36.5 Å². The van der Waals surface area contributed by atoms with Gasteiger partial charge in [-0.2, -0.15) is 18.2 Å². The average Bonchev–Trinajstić information content (AvgIpc) is 3.27. The molecule has 0 radical (unpaired) electrons. The number of hydrogen-bond donors (Lipinski definition) is 1. The summed E-state index contributed by atoms with van der Waals surface area (Å²) in [6.07, 6.45) is -3.84. The van der Waals surface area contributed by atoms with E-state index in [1.165, 1.54) is 11.3 Å². The fourth-order valence-electron chi connectivity index (χ4n) is 2.90. The zero-order valence-electron chi connectivity index (χ0n) is 14.5. The number of ether oxygens (including phenoxy) is 1. The first kappa shape index (κ1) is 18.5. The van der Waals surface area contributed by atoms with Crippen molar-refractivity contribution in [3.8, 4) is 16.6 Å². The molecule has 1 N–H and O–H groups in total. The topological polar surface area (TPSA) is 67.4 Å². The number of rotatable bonds is 5. The third-order valence-corrected chi connectivity index (χ3v) is 5.39. The van der Waals surface area contributed by atoms with Gasteiger partial charge in [0.15, 0.2) is 0 Å². The van der Waals surface area contributed by atoms with E-state index in [0.717, 1.165) is 16.3 Å². The van der Waals surface area contributed by atoms with Gasteiger partial charge in [0.05, 0.1) is 17.1 Å². The van der Waals surface area contributed by atoms with Crippen LogP contribution in [0.3, 0.4) is 0 Å². The normalized spacial score (nSPS) is 14.5. The lowest BCUT2D eigenvalue weighted by molar-refractivity contribution is -0.137. The van der Waals surface area contributed by atoms with Crippen molar-refractivity contribution in [2.24, 2.45) is 0 Å². The molecule has 0 atom stereocenters. The lowest BCUT2D eigenvalue weighted by Crippen LogP contribution is -2.32. The van der Waals surface area contributed by atoms with Crippen LogP contribution >= 0.6 is 11.3 Å². The van der Waals surface area contributed by atoms with Crippen molar-refractivity contribution in [3.05, 3.63) is 42.1 Å². The molecule has 1 aliphatic rings. The van der Waals surface area contributed by atoms with Gasteiger partial charge in [-0.1, -0.05) is 18.2 Å². The second-order valence-corrected chi connectivity index (χ2v) is 7.21. The van der Waals surface area contributed by atoms with E-state index in [1.807, 2.05) is 24.3 Å². The number of nitrogens with zero attached hydrogens (tertiary/aromatic N) is 3. The Morgan fingerprint density at radius 3 is 2.82 bits per heavy atom. The Morgan fingerprint density at radius 1 is 1.29 bits per heavy atom. The smallest absolute Gasteiger partial charge is 0.420 e. The highest BCUT2D eigenvalue weighted by Gasteiger charge is 2.36. The van der Waals surface area contributed by atoms with E-state index in [2.05, 4.69) is 15.3 Å². The predicted molar refractivity (Wildman–Crippen MR) is 98.3 cm³/mol. The Hall–Kier alpha value is -2.88. The van der Waals surface area contributed by atoms with E-state index in [-0.39, 0.29) is 24.3 Å². The average molecular weight is 408 g/mol. The summed E-state index contributed by atoms with van der Waals surface area (Å²) in [5.74, 6) is 0. The minimum absolute atomic E-state index is 0.0879. The van der Waals surface area contributed by atoms with Crippen LogP contribution in [0.5, 0.6) is 6.01 Å². The number of hydrogen-bond acceptors (Lipinski definition) is 5. The number of benzene rings is 1. The summed E-state index contributed by atoms with van der Waals surface area (Å²) < 4.78 is 46.6. The first-order chi connectivity index (χ1) is 13.4. The lowest BCUT2D eigenvalue weighted by atomic mass is 10.1. The van der Waals surface area contributed by atoms with Crippen molar-refractivity contribution in [3.63, 3.8) is 0 Å². The van der Waals surface area contributed by atoms with Crippen molar-refractivity contribution in [2.45, 2.75) is 6.18 Å². The molecule has 1 saturated heterocycles. The third kappa shape index (κ3) is 3.72. The second kappa shape index (κ2) is 7.27. The second-order valence-electron chi connectivity index (χ2n) is 6.13. The van der Waals surface area contributed by atoms with Gasteiger partial charge in [-0.15, -0.1) is 11.3 Å². The van der Waals surface area contributed by atoms with Crippen molar-refractivity contribution in [1.29, 1.82) is 0 Å². The number of halogens is 3. The van der Waals surface area contributed by atoms with Gasteiger partial charge in [0.1, 0.15) is 12.2 Å². The number of thiophene rings is 1. The fraction of sp³-hybridized carbons (Fsp3) is 0.278. The molecule has 0 spiro atoms. The van der Waals surface area contributed by atoms with E-state index < -0.39 is 11.7 Å². The summed E-state index contributed by atoms with van der Waals surface area (Å²) in [5.41, 5.74) is -1.12. The molecular formula is C18H15F3N4O2S.